The maximum Gasteiger partial charge on any atom is 0.147 e. The average Bonchev–Trinajstić information content (AvgIpc) is 3.26. The average molecular weight is 463 g/mol. The molecule has 0 bridgehead atoms. The Kier molecular flexibility index (Phi) is 6.23. The lowest BCUT2D eigenvalue weighted by atomic mass is 9.79. The van der Waals surface area contributed by atoms with Crippen molar-refractivity contribution in [2.75, 3.05) is 13.1 Å². The second-order valence-electron chi connectivity index (χ2n) is 12.2. The van der Waals surface area contributed by atoms with Gasteiger partial charge in [-0.3, -0.25) is 9.80 Å². The fraction of sp³-hybridized carbons (Fsp3) is 0.364. The smallest absolute Gasteiger partial charge is 0.147 e. The van der Waals surface area contributed by atoms with Crippen molar-refractivity contribution in [1.82, 2.24) is 9.80 Å². The maximum atomic E-state index is 3.90. The fourth-order valence-corrected chi connectivity index (χ4v) is 6.04. The second kappa shape index (κ2) is 9.08. The van der Waals surface area contributed by atoms with E-state index in [-0.39, 0.29) is 22.9 Å². The van der Waals surface area contributed by atoms with Crippen molar-refractivity contribution in [3.05, 3.63) is 103 Å². The molecule has 1 aliphatic heterocycles. The number of nitrogens with zero attached hydrogens (tertiary/aromatic N) is 2. The molecule has 0 spiro atoms. The van der Waals surface area contributed by atoms with E-state index in [1.165, 1.54) is 32.7 Å². The van der Waals surface area contributed by atoms with Crippen molar-refractivity contribution in [1.29, 1.82) is 0 Å². The standard InChI is InChI=1S/C33H38N2/c1-32(2,3)30(28-19-11-15-24-13-7-9-17-26(24)28)34-21-22-35(23-34)31(33(4,5)6)29-20-12-16-25-14-8-10-18-27(25)29/h7-20,30-31H,21-22H2,1-6H3/t30-,31-/m1/s1. The van der Waals surface area contributed by atoms with Crippen molar-refractivity contribution in [2.45, 2.75) is 53.6 Å². The number of hydrogen-bond donors (Lipinski definition) is 0. The Hall–Kier alpha value is -2.68. The molecule has 2 atom stereocenters. The van der Waals surface area contributed by atoms with Gasteiger partial charge in [-0.05, 0) is 43.5 Å². The van der Waals surface area contributed by atoms with Crippen LogP contribution < -0.4 is 0 Å². The van der Waals surface area contributed by atoms with Gasteiger partial charge in [-0.2, -0.15) is 0 Å². The highest BCUT2D eigenvalue weighted by molar-refractivity contribution is 5.87. The highest BCUT2D eigenvalue weighted by Gasteiger charge is 2.42. The number of hydrogen-bond acceptors (Lipinski definition) is 2. The highest BCUT2D eigenvalue weighted by atomic mass is 15.4. The lowest BCUT2D eigenvalue weighted by Gasteiger charge is -2.41. The molecule has 0 unspecified atom stereocenters. The Morgan fingerprint density at radius 2 is 0.914 bits per heavy atom. The Labute approximate surface area is 211 Å². The van der Waals surface area contributed by atoms with Gasteiger partial charge in [0.25, 0.3) is 0 Å². The molecule has 0 saturated carbocycles. The predicted octanol–water partition coefficient (Wildman–Crippen LogP) is 8.48. The molecule has 2 radical (unpaired) electrons. The molecule has 4 aromatic carbocycles. The molecule has 2 heteroatoms. The molecule has 2 nitrogen and oxygen atoms in total. The summed E-state index contributed by atoms with van der Waals surface area (Å²) in [6, 6.07) is 31.5. The van der Waals surface area contributed by atoms with E-state index in [0.29, 0.717) is 0 Å². The number of fused-ring (bicyclic) bond motifs is 2. The maximum absolute atomic E-state index is 3.90. The first-order chi connectivity index (χ1) is 16.6. The zero-order chi connectivity index (χ0) is 24.8. The fourth-order valence-electron chi connectivity index (χ4n) is 6.04. The summed E-state index contributed by atoms with van der Waals surface area (Å²) in [6.45, 7) is 20.0. The van der Waals surface area contributed by atoms with Crippen LogP contribution in [-0.4, -0.2) is 22.9 Å². The molecule has 180 valence electrons. The molecule has 4 aromatic rings. The number of benzene rings is 4. The van der Waals surface area contributed by atoms with E-state index < -0.39 is 0 Å². The third-order valence-corrected chi connectivity index (χ3v) is 7.34. The van der Waals surface area contributed by atoms with Crippen LogP contribution >= 0.6 is 0 Å². The monoisotopic (exact) mass is 462 g/mol. The first-order valence-corrected chi connectivity index (χ1v) is 12.9. The Balaban J connectivity index is 1.54. The van der Waals surface area contributed by atoms with Gasteiger partial charge in [-0.1, -0.05) is 126 Å². The van der Waals surface area contributed by atoms with Crippen molar-refractivity contribution in [3.8, 4) is 0 Å². The SMILES string of the molecule is CC(C)(C)[C@@H](c1cccc2ccccc12)N1[C]N([C@H](c2cccc3ccccc23)C(C)(C)C)CC1. The van der Waals surface area contributed by atoms with Gasteiger partial charge in [0.15, 0.2) is 0 Å². The molecule has 0 aromatic heterocycles. The first-order valence-electron chi connectivity index (χ1n) is 12.9. The normalized spacial score (nSPS) is 17.8. The zero-order valence-corrected chi connectivity index (χ0v) is 22.0. The highest BCUT2D eigenvalue weighted by Crippen LogP contribution is 2.47. The quantitative estimate of drug-likeness (QED) is 0.300. The zero-order valence-electron chi connectivity index (χ0n) is 22.0. The van der Waals surface area contributed by atoms with Gasteiger partial charge >= 0.3 is 0 Å². The van der Waals surface area contributed by atoms with E-state index in [1.54, 1.807) is 0 Å². The third-order valence-electron chi connectivity index (χ3n) is 7.34. The molecule has 35 heavy (non-hydrogen) atoms. The summed E-state index contributed by atoms with van der Waals surface area (Å²) >= 11 is 0. The van der Waals surface area contributed by atoms with Crippen molar-refractivity contribution >= 4 is 21.5 Å². The molecule has 0 amide bonds. The summed E-state index contributed by atoms with van der Waals surface area (Å²) < 4.78 is 0. The van der Waals surface area contributed by atoms with Gasteiger partial charge in [0.1, 0.15) is 6.67 Å². The van der Waals surface area contributed by atoms with Crippen LogP contribution in [-0.2, 0) is 0 Å². The molecule has 1 aliphatic rings. The van der Waals surface area contributed by atoms with E-state index in [2.05, 4.69) is 143 Å². The molecule has 1 heterocycles. The van der Waals surface area contributed by atoms with Crippen LogP contribution in [0, 0.1) is 17.5 Å². The summed E-state index contributed by atoms with van der Waals surface area (Å²) in [5.74, 6) is 0. The van der Waals surface area contributed by atoms with Crippen LogP contribution in [0.2, 0.25) is 0 Å². The van der Waals surface area contributed by atoms with E-state index in [4.69, 9.17) is 0 Å². The van der Waals surface area contributed by atoms with Crippen molar-refractivity contribution < 1.29 is 0 Å². The van der Waals surface area contributed by atoms with Crippen LogP contribution in [0.4, 0.5) is 0 Å². The minimum atomic E-state index is 0.0593. The summed E-state index contributed by atoms with van der Waals surface area (Å²) in [5, 5.41) is 5.30. The summed E-state index contributed by atoms with van der Waals surface area (Å²) in [6.07, 6.45) is 0. The molecular formula is C33H38N2. The molecule has 1 saturated heterocycles. The van der Waals surface area contributed by atoms with Crippen LogP contribution in [0.25, 0.3) is 21.5 Å². The lowest BCUT2D eigenvalue weighted by Crippen LogP contribution is -2.36. The molecule has 0 N–H and O–H groups in total. The van der Waals surface area contributed by atoms with Crippen LogP contribution in [0.1, 0.15) is 64.8 Å². The minimum absolute atomic E-state index is 0.0593. The van der Waals surface area contributed by atoms with E-state index in [9.17, 15) is 0 Å². The Bertz CT molecular complexity index is 1210. The van der Waals surface area contributed by atoms with Crippen LogP contribution in [0.5, 0.6) is 0 Å². The molecule has 0 aliphatic carbocycles. The van der Waals surface area contributed by atoms with E-state index >= 15 is 0 Å². The Morgan fingerprint density at radius 3 is 1.31 bits per heavy atom. The van der Waals surface area contributed by atoms with Gasteiger partial charge in [0.05, 0.1) is 0 Å². The number of rotatable bonds is 4. The summed E-state index contributed by atoms with van der Waals surface area (Å²) in [7, 11) is 0. The Morgan fingerprint density at radius 1 is 0.543 bits per heavy atom. The van der Waals surface area contributed by atoms with Crippen molar-refractivity contribution in [2.24, 2.45) is 10.8 Å². The lowest BCUT2D eigenvalue weighted by molar-refractivity contribution is 0.106. The topological polar surface area (TPSA) is 6.48 Å². The van der Waals surface area contributed by atoms with Crippen LogP contribution in [0.15, 0.2) is 84.9 Å². The van der Waals surface area contributed by atoms with Gasteiger partial charge in [-0.15, -0.1) is 0 Å². The van der Waals surface area contributed by atoms with E-state index in [0.717, 1.165) is 13.1 Å². The molecular weight excluding hydrogens is 424 g/mol. The largest absolute Gasteiger partial charge is 0.271 e. The van der Waals surface area contributed by atoms with Crippen LogP contribution in [0.3, 0.4) is 0 Å². The van der Waals surface area contributed by atoms with Gasteiger partial charge < -0.3 is 0 Å². The van der Waals surface area contributed by atoms with Gasteiger partial charge in [0.2, 0.25) is 0 Å². The first kappa shape index (κ1) is 24.0. The molecule has 1 fully saturated rings. The van der Waals surface area contributed by atoms with Crippen molar-refractivity contribution in [3.63, 3.8) is 0 Å². The summed E-state index contributed by atoms with van der Waals surface area (Å²) in [4.78, 5) is 4.96. The minimum Gasteiger partial charge on any atom is -0.271 e. The summed E-state index contributed by atoms with van der Waals surface area (Å²) in [5.41, 5.74) is 2.90. The molecule has 5 rings (SSSR count). The van der Waals surface area contributed by atoms with E-state index in [1.807, 2.05) is 0 Å². The van der Waals surface area contributed by atoms with Gasteiger partial charge in [-0.25, -0.2) is 0 Å². The third kappa shape index (κ3) is 4.62. The second-order valence-corrected chi connectivity index (χ2v) is 12.2. The van der Waals surface area contributed by atoms with Gasteiger partial charge in [0, 0.05) is 25.2 Å². The predicted molar refractivity (Wildman–Crippen MR) is 149 cm³/mol.